The predicted octanol–water partition coefficient (Wildman–Crippen LogP) is 15.8. The van der Waals surface area contributed by atoms with Crippen LogP contribution in [0.25, 0.3) is 20.2 Å². The molecular weight excluding hydrogens is 1010 g/mol. The zero-order valence-electron chi connectivity index (χ0n) is 43.7. The Kier molecular flexibility index (Phi) is 10.3. The van der Waals surface area contributed by atoms with E-state index in [4.69, 9.17) is 9.47 Å². The number of benzene rings is 12. The van der Waals surface area contributed by atoms with Crippen LogP contribution in [-0.2, 0) is 0 Å². The third-order valence-electron chi connectivity index (χ3n) is 16.6. The second-order valence-electron chi connectivity index (χ2n) is 21.2. The van der Waals surface area contributed by atoms with Gasteiger partial charge in [-0.25, -0.2) is 0 Å². The van der Waals surface area contributed by atoms with Gasteiger partial charge < -0.3 is 29.1 Å². The Morgan fingerprint density at radius 2 is 0.617 bits per heavy atom. The smallest absolute Gasteiger partial charge is 0.256 e. The van der Waals surface area contributed by atoms with Gasteiger partial charge >= 0.3 is 0 Å². The number of hydrogen-bond acceptors (Lipinski definition) is 7. The summed E-state index contributed by atoms with van der Waals surface area (Å²) >= 11 is 1.80. The third kappa shape index (κ3) is 7.15. The minimum absolute atomic E-state index is 0.102. The maximum absolute atomic E-state index is 7.39. The minimum Gasteiger partial charge on any atom is -0.458 e. The predicted molar refractivity (Wildman–Crippen MR) is 340 cm³/mol. The molecule has 378 valence electrons. The van der Waals surface area contributed by atoms with Gasteiger partial charge in [0.15, 0.2) is 0 Å². The topological polar surface area (TPSA) is 31.4 Å². The normalized spacial score (nSPS) is 13.0. The van der Waals surface area contributed by atoms with Crippen molar-refractivity contribution in [1.29, 1.82) is 0 Å². The molecule has 0 radical (unpaired) electrons. The van der Waals surface area contributed by atoms with Gasteiger partial charge in [-0.2, -0.15) is 0 Å². The SMILES string of the molecule is c1ccc(N(c2ccccc2)c2cc3c4c(c2)N(c2ccccc2)c2ccccc2B4c2cc4c(cc2O3)sc2cc3c(cc24)B2c4ccccc4N(c4ccccc4)c4cc(N(c5ccccc5)c5ccccc5)cc(c42)O3)cc1. The molecule has 12 aromatic carbocycles. The summed E-state index contributed by atoms with van der Waals surface area (Å²) in [5, 5.41) is 2.42. The van der Waals surface area contributed by atoms with Gasteiger partial charge in [0.05, 0.1) is 11.4 Å². The molecule has 1 aromatic heterocycles. The van der Waals surface area contributed by atoms with Crippen LogP contribution in [0, 0.1) is 0 Å². The fourth-order valence-corrected chi connectivity index (χ4v) is 14.4. The van der Waals surface area contributed by atoms with Gasteiger partial charge in [-0.3, -0.25) is 0 Å². The molecule has 0 N–H and O–H groups in total. The number of thiophene rings is 1. The van der Waals surface area contributed by atoms with Crippen LogP contribution >= 0.6 is 11.3 Å². The first kappa shape index (κ1) is 45.8. The van der Waals surface area contributed by atoms with Gasteiger partial charge in [-0.15, -0.1) is 11.3 Å². The quantitative estimate of drug-likeness (QED) is 0.141. The summed E-state index contributed by atoms with van der Waals surface area (Å²) in [6.45, 7) is -0.203. The maximum Gasteiger partial charge on any atom is 0.256 e. The number of fused-ring (bicyclic) bond motifs is 11. The first-order chi connectivity index (χ1) is 40.2. The number of ether oxygens (including phenoxy) is 2. The van der Waals surface area contributed by atoms with E-state index in [2.05, 4.69) is 299 Å². The fraction of sp³-hybridized carbons (Fsp3) is 0. The van der Waals surface area contributed by atoms with Gasteiger partial charge in [-0.05, 0) is 142 Å². The van der Waals surface area contributed by atoms with E-state index < -0.39 is 0 Å². The highest BCUT2D eigenvalue weighted by Crippen LogP contribution is 2.50. The van der Waals surface area contributed by atoms with Crippen LogP contribution in [0.5, 0.6) is 23.0 Å². The molecule has 0 spiro atoms. The summed E-state index contributed by atoms with van der Waals surface area (Å²) in [5.74, 6) is 3.45. The molecule has 0 fully saturated rings. The maximum atomic E-state index is 7.39. The number of rotatable bonds is 8. The number of para-hydroxylation sites is 8. The molecule has 4 aliphatic rings. The summed E-state index contributed by atoms with van der Waals surface area (Å²) in [5.41, 5.74) is 20.1. The highest BCUT2D eigenvalue weighted by molar-refractivity contribution is 7.26. The summed E-state index contributed by atoms with van der Waals surface area (Å²) in [7, 11) is 0. The first-order valence-electron chi connectivity index (χ1n) is 27.6. The average molecular weight is 1050 g/mol. The van der Waals surface area contributed by atoms with Crippen molar-refractivity contribution in [2.75, 3.05) is 19.6 Å². The Bertz CT molecular complexity index is 4250. The van der Waals surface area contributed by atoms with E-state index in [1.165, 1.54) is 21.7 Å². The molecule has 0 aliphatic carbocycles. The molecule has 13 aromatic rings. The molecule has 0 saturated heterocycles. The average Bonchev–Trinajstić information content (AvgIpc) is 3.72. The van der Waals surface area contributed by atoms with Crippen molar-refractivity contribution in [2.45, 2.75) is 0 Å². The van der Waals surface area contributed by atoms with Crippen LogP contribution in [0.4, 0.5) is 68.2 Å². The lowest BCUT2D eigenvalue weighted by Gasteiger charge is -2.41. The van der Waals surface area contributed by atoms with E-state index in [1.807, 2.05) is 0 Å². The lowest BCUT2D eigenvalue weighted by atomic mass is 9.34. The zero-order chi connectivity index (χ0) is 53.1. The Labute approximate surface area is 474 Å². The minimum atomic E-state index is -0.102. The van der Waals surface area contributed by atoms with Crippen molar-refractivity contribution in [1.82, 2.24) is 0 Å². The van der Waals surface area contributed by atoms with Crippen LogP contribution in [0.2, 0.25) is 0 Å². The molecular formula is C72H46B2N4O2S. The molecule has 4 aliphatic heterocycles. The molecule has 9 heteroatoms. The molecule has 0 unspecified atom stereocenters. The Hall–Kier alpha value is -10.2. The lowest BCUT2D eigenvalue weighted by Crippen LogP contribution is -2.59. The molecule has 6 nitrogen and oxygen atoms in total. The van der Waals surface area contributed by atoms with Crippen LogP contribution in [0.15, 0.2) is 279 Å². The van der Waals surface area contributed by atoms with Gasteiger partial charge in [0.1, 0.15) is 23.0 Å². The van der Waals surface area contributed by atoms with Crippen LogP contribution < -0.4 is 61.9 Å². The highest BCUT2D eigenvalue weighted by Gasteiger charge is 2.45. The lowest BCUT2D eigenvalue weighted by molar-refractivity contribution is 0.488. The largest absolute Gasteiger partial charge is 0.458 e. The van der Waals surface area contributed by atoms with Crippen molar-refractivity contribution in [3.05, 3.63) is 279 Å². The standard InChI is InChI=1S/C72H46B2N4O2S/c1-7-23-47(24-8-1)75(48-25-9-2-10-26-48)53-39-63-71-67(41-53)79-65-45-69-55(43-59(65)73(71)57-35-19-21-37-61(57)77(63)51-31-15-5-16-32-51)56-44-60-66(46-70(56)81-69)80-68-42-54(76(49-27-11-3-12-28-49)50-29-13-4-14-30-50)40-64-72(68)74(60)58-36-20-22-38-62(58)78(64)52-33-17-6-18-34-52/h1-46H. The molecule has 0 saturated carbocycles. The summed E-state index contributed by atoms with van der Waals surface area (Å²) < 4.78 is 17.1. The van der Waals surface area contributed by atoms with Crippen LogP contribution in [0.1, 0.15) is 0 Å². The second-order valence-corrected chi connectivity index (χ2v) is 22.3. The van der Waals surface area contributed by atoms with E-state index in [9.17, 15) is 0 Å². The summed E-state index contributed by atoms with van der Waals surface area (Å²) in [4.78, 5) is 9.53. The van der Waals surface area contributed by atoms with Gasteiger partial charge in [0, 0.05) is 89.2 Å². The van der Waals surface area contributed by atoms with E-state index >= 15 is 0 Å². The van der Waals surface area contributed by atoms with E-state index in [1.54, 1.807) is 11.3 Å². The van der Waals surface area contributed by atoms with Crippen molar-refractivity contribution >= 4 is 146 Å². The van der Waals surface area contributed by atoms with Gasteiger partial charge in [0.2, 0.25) is 0 Å². The van der Waals surface area contributed by atoms with Crippen molar-refractivity contribution in [3.8, 4) is 23.0 Å². The first-order valence-corrected chi connectivity index (χ1v) is 28.4. The van der Waals surface area contributed by atoms with Crippen molar-refractivity contribution < 1.29 is 9.47 Å². The van der Waals surface area contributed by atoms with E-state index in [0.717, 1.165) is 122 Å². The zero-order valence-corrected chi connectivity index (χ0v) is 44.5. The molecule has 5 heterocycles. The Morgan fingerprint density at radius 3 is 0.988 bits per heavy atom. The number of hydrogen-bond donors (Lipinski definition) is 0. The molecule has 0 atom stereocenters. The van der Waals surface area contributed by atoms with Gasteiger partial charge in [-0.1, -0.05) is 158 Å². The summed E-state index contributed by atoms with van der Waals surface area (Å²) in [6.07, 6.45) is 0. The Balaban J connectivity index is 0.867. The monoisotopic (exact) mass is 1050 g/mol. The molecule has 81 heavy (non-hydrogen) atoms. The molecule has 17 rings (SSSR count). The second kappa shape index (κ2) is 18.2. The van der Waals surface area contributed by atoms with Crippen LogP contribution in [0.3, 0.4) is 0 Å². The van der Waals surface area contributed by atoms with E-state index in [0.29, 0.717) is 0 Å². The molecule has 0 amide bonds. The van der Waals surface area contributed by atoms with E-state index in [-0.39, 0.29) is 13.4 Å². The van der Waals surface area contributed by atoms with Gasteiger partial charge in [0.25, 0.3) is 13.4 Å². The van der Waals surface area contributed by atoms with Crippen LogP contribution in [-0.4, -0.2) is 13.4 Å². The highest BCUT2D eigenvalue weighted by atomic mass is 32.1. The molecule has 0 bridgehead atoms. The van der Waals surface area contributed by atoms with Crippen molar-refractivity contribution in [3.63, 3.8) is 0 Å². The van der Waals surface area contributed by atoms with Crippen molar-refractivity contribution in [2.24, 2.45) is 0 Å². The fourth-order valence-electron chi connectivity index (χ4n) is 13.3. The Morgan fingerprint density at radius 1 is 0.284 bits per heavy atom. The third-order valence-corrected chi connectivity index (χ3v) is 17.8. The number of nitrogens with zero attached hydrogens (tertiary/aromatic N) is 4. The summed E-state index contributed by atoms with van der Waals surface area (Å²) in [6, 6.07) is 101. The number of anilines is 12.